The first kappa shape index (κ1) is 34.2. The molecule has 2 aromatic heterocycles. The fourth-order valence-corrected chi connectivity index (χ4v) is 6.47. The molecule has 0 aliphatic carbocycles. The van der Waals surface area contributed by atoms with Gasteiger partial charge in [0.15, 0.2) is 23.7 Å². The first-order valence-electron chi connectivity index (χ1n) is 12.0. The van der Waals surface area contributed by atoms with Crippen LogP contribution in [0.2, 0.25) is 0 Å². The van der Waals surface area contributed by atoms with Crippen LogP contribution in [0.1, 0.15) is 6.23 Å². The summed E-state index contributed by atoms with van der Waals surface area (Å²) in [4.78, 5) is 58.0. The molecule has 0 spiro atoms. The van der Waals surface area contributed by atoms with E-state index in [1.54, 1.807) is 22.6 Å². The highest BCUT2D eigenvalue weighted by atomic mass is 127. The van der Waals surface area contributed by atoms with Gasteiger partial charge in [0.05, 0.1) is 17.4 Å². The van der Waals surface area contributed by atoms with Crippen molar-refractivity contribution in [1.29, 1.82) is 0 Å². The Hall–Kier alpha value is -1.67. The zero-order valence-corrected chi connectivity index (χ0v) is 25.3. The molecule has 0 saturated carbocycles. The van der Waals surface area contributed by atoms with E-state index in [0.29, 0.717) is 0 Å². The average molecular weight is 770 g/mol. The first-order chi connectivity index (χ1) is 20.0. The number of phosphoric acid groups is 2. The quantitative estimate of drug-likeness (QED) is 0.0601. The molecule has 242 valence electrons. The maximum Gasteiger partial charge on any atom is 0.280 e. The number of nitrogens with one attached hydrogen (secondary N) is 2. The van der Waals surface area contributed by atoms with Crippen LogP contribution in [0, 0.1) is 0 Å². The molecule has 0 bridgehead atoms. The fraction of sp³-hybridized carbons (Fsp3) is 0.667. The minimum absolute atomic E-state index is 0.0184. The number of nitrogens with two attached hydrogens (primary N) is 1. The fourth-order valence-electron chi connectivity index (χ4n) is 4.12. The van der Waals surface area contributed by atoms with Crippen molar-refractivity contribution in [3.05, 3.63) is 16.7 Å². The summed E-state index contributed by atoms with van der Waals surface area (Å²) >= 11 is 1.74. The lowest BCUT2D eigenvalue weighted by atomic mass is 9.99. The van der Waals surface area contributed by atoms with Gasteiger partial charge in [-0.3, -0.25) is 32.8 Å². The summed E-state index contributed by atoms with van der Waals surface area (Å²) in [5.41, 5.74) is 4.49. The lowest BCUT2D eigenvalue weighted by molar-refractivity contribution is -0.301. The van der Waals surface area contributed by atoms with Crippen molar-refractivity contribution < 1.29 is 72.1 Å². The Morgan fingerprint density at radius 2 is 1.77 bits per heavy atom. The van der Waals surface area contributed by atoms with Gasteiger partial charge in [0.1, 0.15) is 42.7 Å². The van der Waals surface area contributed by atoms with Crippen LogP contribution in [0.3, 0.4) is 0 Å². The number of fused-ring (bicyclic) bond motifs is 1. The molecule has 2 fully saturated rings. The van der Waals surface area contributed by atoms with Crippen molar-refractivity contribution >= 4 is 61.3 Å². The van der Waals surface area contributed by atoms with E-state index in [2.05, 4.69) is 33.6 Å². The van der Waals surface area contributed by atoms with E-state index in [9.17, 15) is 54.0 Å². The van der Waals surface area contributed by atoms with Crippen LogP contribution >= 0.6 is 38.2 Å². The smallest absolute Gasteiger partial charge is 0.280 e. The second kappa shape index (κ2) is 13.4. The second-order valence-corrected chi connectivity index (χ2v) is 12.8. The number of nitrogens with zero attached hydrogens (tertiary/aromatic N) is 3. The second-order valence-electron chi connectivity index (χ2n) is 9.15. The predicted octanol–water partition coefficient (Wildman–Crippen LogP) is -5.33. The highest BCUT2D eigenvalue weighted by Gasteiger charge is 2.47. The number of carbonyl (C=O) groups is 1. The normalized spacial score (nSPS) is 34.1. The van der Waals surface area contributed by atoms with Crippen molar-refractivity contribution in [2.24, 2.45) is 0 Å². The van der Waals surface area contributed by atoms with Gasteiger partial charge >= 0.3 is 0 Å². The van der Waals surface area contributed by atoms with Crippen LogP contribution in [-0.2, 0) is 36.8 Å². The highest BCUT2D eigenvalue weighted by Crippen LogP contribution is 2.57. The Labute approximate surface area is 253 Å². The number of ether oxygens (including phenoxy) is 2. The number of H-pyrrole nitrogens is 1. The Morgan fingerprint density at radius 1 is 1.09 bits per heavy atom. The maximum absolute atomic E-state index is 12.3. The minimum Gasteiger partial charge on any atom is -0.756 e. The van der Waals surface area contributed by atoms with Crippen LogP contribution in [0.15, 0.2) is 11.1 Å². The summed E-state index contributed by atoms with van der Waals surface area (Å²) in [7, 11) is -11.8. The van der Waals surface area contributed by atoms with Crippen molar-refractivity contribution in [2.75, 3.05) is 23.3 Å². The van der Waals surface area contributed by atoms with Gasteiger partial charge in [-0.25, -0.2) is 9.29 Å². The standard InChI is InChI=1S/C18H27IN6O16P2/c19-1-7(26)21-2-5-9(27)11(29)13(31)17(39-5)40-43(35,36)41-42(33,34)37-3-6-10(28)12(30)16(38-6)25-4-22-8-14(25)23-18(20)24-15(8)32/h4-6,9-13,16-17,27-31H,1-3H2,(H,21,26)(H,33,34)(H,35,36)(H3,20,23,24,32)/p-2. The van der Waals surface area contributed by atoms with Gasteiger partial charge in [-0.05, 0) is 0 Å². The van der Waals surface area contributed by atoms with E-state index in [-0.39, 0.29) is 21.5 Å². The SMILES string of the molecule is Nc1nc2c(ncn2C2OC(COP(=O)([O-])OP(=O)([O-])OC3OC(CNC(=O)CI)C(O)C(O)C3O)C(O)C2O)c(=O)[nH]1. The van der Waals surface area contributed by atoms with Gasteiger partial charge in [0, 0.05) is 6.54 Å². The van der Waals surface area contributed by atoms with E-state index in [4.69, 9.17) is 15.2 Å². The number of anilines is 1. The third-order valence-electron chi connectivity index (χ3n) is 6.18. The number of hydrogen-bond donors (Lipinski definition) is 8. The molecule has 11 unspecified atom stereocenters. The zero-order valence-electron chi connectivity index (χ0n) is 21.3. The molecular weight excluding hydrogens is 745 g/mol. The van der Waals surface area contributed by atoms with Crippen molar-refractivity contribution in [3.8, 4) is 0 Å². The molecule has 2 aliphatic rings. The summed E-state index contributed by atoms with van der Waals surface area (Å²) in [6.45, 7) is -1.53. The number of amides is 1. The van der Waals surface area contributed by atoms with E-state index < -0.39 is 95.5 Å². The van der Waals surface area contributed by atoms with Crippen LogP contribution in [-0.4, -0.2) is 118 Å². The van der Waals surface area contributed by atoms with Crippen LogP contribution < -0.4 is 26.4 Å². The Kier molecular flexibility index (Phi) is 10.6. The summed E-state index contributed by atoms with van der Waals surface area (Å²) in [5.74, 6) is -0.793. The Balaban J connectivity index is 1.38. The average Bonchev–Trinajstić information content (AvgIpc) is 3.46. The number of imidazole rings is 1. The minimum atomic E-state index is -5.95. The largest absolute Gasteiger partial charge is 0.756 e. The van der Waals surface area contributed by atoms with Crippen LogP contribution in [0.5, 0.6) is 0 Å². The van der Waals surface area contributed by atoms with Crippen molar-refractivity contribution in [2.45, 2.75) is 55.2 Å². The Morgan fingerprint density at radius 3 is 2.44 bits per heavy atom. The number of aliphatic hydroxyl groups excluding tert-OH is 5. The lowest BCUT2D eigenvalue weighted by Gasteiger charge is -2.42. The molecule has 4 rings (SSSR count). The lowest BCUT2D eigenvalue weighted by Crippen LogP contribution is -2.60. The predicted molar refractivity (Wildman–Crippen MR) is 140 cm³/mol. The molecule has 2 saturated heterocycles. The molecule has 11 atom stereocenters. The number of rotatable bonds is 11. The molecule has 2 aliphatic heterocycles. The molecule has 4 heterocycles. The molecule has 43 heavy (non-hydrogen) atoms. The third-order valence-corrected chi connectivity index (χ3v) is 9.41. The van der Waals surface area contributed by atoms with E-state index in [1.165, 1.54) is 0 Å². The molecule has 0 radical (unpaired) electrons. The molecule has 1 amide bonds. The van der Waals surface area contributed by atoms with E-state index >= 15 is 0 Å². The number of aromatic nitrogens is 4. The number of hydrogen-bond acceptors (Lipinski definition) is 19. The number of halogens is 1. The van der Waals surface area contributed by atoms with Crippen molar-refractivity contribution in [1.82, 2.24) is 24.8 Å². The van der Waals surface area contributed by atoms with Gasteiger partial charge in [-0.1, -0.05) is 22.6 Å². The molecule has 9 N–H and O–H groups in total. The summed E-state index contributed by atoms with van der Waals surface area (Å²) < 4.78 is 49.1. The summed E-state index contributed by atoms with van der Waals surface area (Å²) in [5, 5.41) is 53.3. The number of alkyl halides is 1. The number of carbonyl (C=O) groups excluding carboxylic acids is 1. The number of aliphatic hydroxyl groups is 5. The van der Waals surface area contributed by atoms with Crippen molar-refractivity contribution in [3.63, 3.8) is 0 Å². The maximum atomic E-state index is 12.3. The molecule has 25 heteroatoms. The number of phosphoric ester groups is 2. The summed E-state index contributed by atoms with van der Waals surface area (Å²) in [6.07, 6.45) is -15.4. The van der Waals surface area contributed by atoms with Crippen LogP contribution in [0.25, 0.3) is 11.2 Å². The Bertz CT molecular complexity index is 1480. The van der Waals surface area contributed by atoms with Gasteiger partial charge in [0.2, 0.25) is 11.9 Å². The number of nitrogen functional groups attached to an aromatic ring is 1. The first-order valence-corrected chi connectivity index (χ1v) is 16.4. The number of aromatic amines is 1. The molecular formula is C18H25IN6O16P2-2. The zero-order chi connectivity index (χ0) is 31.9. The van der Waals surface area contributed by atoms with Gasteiger partial charge in [-0.2, -0.15) is 4.98 Å². The monoisotopic (exact) mass is 770 g/mol. The van der Waals surface area contributed by atoms with Gasteiger partial charge in [-0.15, -0.1) is 0 Å². The van der Waals surface area contributed by atoms with E-state index in [0.717, 1.165) is 10.9 Å². The van der Waals surface area contributed by atoms with Gasteiger partial charge < -0.3 is 60.4 Å². The summed E-state index contributed by atoms with van der Waals surface area (Å²) in [6, 6.07) is 0. The highest BCUT2D eigenvalue weighted by molar-refractivity contribution is 14.1. The van der Waals surface area contributed by atoms with Crippen LogP contribution in [0.4, 0.5) is 5.95 Å². The van der Waals surface area contributed by atoms with E-state index in [1.807, 2.05) is 0 Å². The molecule has 2 aromatic rings. The third kappa shape index (κ3) is 7.77. The van der Waals surface area contributed by atoms with Gasteiger partial charge in [0.25, 0.3) is 21.2 Å². The topological polar surface area (TPSA) is 346 Å². The molecule has 0 aromatic carbocycles. The molecule has 22 nitrogen and oxygen atoms in total.